The highest BCUT2D eigenvalue weighted by molar-refractivity contribution is 7.78. The summed E-state index contributed by atoms with van der Waals surface area (Å²) in [6.07, 6.45) is 0.968. The third-order valence-electron chi connectivity index (χ3n) is 2.58. The standard InChI is InChI=1S/C16H12NPS.2C2H6/c18-11-15-5-3-13(4-6-15)1-2-14-7-9-16(10-8-14)17-12-19;2*1-2/h3-10H,11,18H2;2*1-2H3. The van der Waals surface area contributed by atoms with Crippen LogP contribution in [0.5, 0.6) is 0 Å². The molecule has 0 heterocycles. The first-order chi connectivity index (χ1) is 11.3. The summed E-state index contributed by atoms with van der Waals surface area (Å²) in [6, 6.07) is 15.9. The van der Waals surface area contributed by atoms with Crippen LogP contribution in [-0.2, 0) is 6.16 Å². The highest BCUT2D eigenvalue weighted by Crippen LogP contribution is 2.12. The summed E-state index contributed by atoms with van der Waals surface area (Å²) >= 11 is 4.56. The van der Waals surface area contributed by atoms with Gasteiger partial charge in [-0.05, 0) is 60.3 Å². The summed E-state index contributed by atoms with van der Waals surface area (Å²) in [5.41, 5.74) is 4.06. The van der Waals surface area contributed by atoms with Crippen LogP contribution in [0.1, 0.15) is 44.4 Å². The van der Waals surface area contributed by atoms with Crippen molar-refractivity contribution in [3.05, 3.63) is 65.2 Å². The van der Waals surface area contributed by atoms with E-state index in [0.717, 1.165) is 23.0 Å². The number of hydrogen-bond acceptors (Lipinski definition) is 2. The summed E-state index contributed by atoms with van der Waals surface area (Å²) in [4.78, 5) is 3.90. The minimum absolute atomic E-state index is 0.797. The topological polar surface area (TPSA) is 12.4 Å². The third kappa shape index (κ3) is 8.44. The highest BCUT2D eigenvalue weighted by Gasteiger charge is 1.91. The van der Waals surface area contributed by atoms with Crippen LogP contribution in [0.3, 0.4) is 0 Å². The fourth-order valence-corrected chi connectivity index (χ4v) is 1.92. The molecule has 0 radical (unpaired) electrons. The molecule has 0 bridgehead atoms. The Morgan fingerprint density at radius 1 is 0.826 bits per heavy atom. The number of rotatable bonds is 2. The van der Waals surface area contributed by atoms with Gasteiger partial charge in [0.25, 0.3) is 0 Å². The maximum Gasteiger partial charge on any atom is 0.0740 e. The van der Waals surface area contributed by atoms with Gasteiger partial charge < -0.3 is 0 Å². The lowest BCUT2D eigenvalue weighted by Gasteiger charge is -1.95. The Bertz CT molecular complexity index is 658. The van der Waals surface area contributed by atoms with E-state index in [1.807, 2.05) is 64.1 Å². The van der Waals surface area contributed by atoms with Crippen molar-refractivity contribution in [2.75, 3.05) is 0 Å². The van der Waals surface area contributed by atoms with Gasteiger partial charge in [0.05, 0.1) is 10.8 Å². The zero-order chi connectivity index (χ0) is 17.5. The number of aliphatic imine (C=N–C) groups is 1. The Kier molecular flexibility index (Phi) is 12.8. The number of benzene rings is 2. The molecule has 0 saturated heterocycles. The number of nitrogens with zero attached hydrogens (tertiary/aromatic N) is 1. The maximum atomic E-state index is 4.56. The molecule has 0 aliphatic carbocycles. The van der Waals surface area contributed by atoms with Gasteiger partial charge in [-0.25, -0.2) is 0 Å². The predicted molar refractivity (Wildman–Crippen MR) is 110 cm³/mol. The van der Waals surface area contributed by atoms with Crippen LogP contribution in [0, 0.1) is 11.8 Å². The summed E-state index contributed by atoms with van der Waals surface area (Å²) in [6.45, 7) is 8.00. The van der Waals surface area contributed by atoms with Crippen LogP contribution in [-0.4, -0.2) is 5.16 Å². The second-order valence-electron chi connectivity index (χ2n) is 3.90. The Morgan fingerprint density at radius 2 is 1.26 bits per heavy atom. The zero-order valence-corrected chi connectivity index (χ0v) is 16.2. The van der Waals surface area contributed by atoms with E-state index in [1.165, 1.54) is 5.56 Å². The lowest BCUT2D eigenvalue weighted by Crippen LogP contribution is -1.79. The summed E-state index contributed by atoms with van der Waals surface area (Å²) in [5, 5.41) is 2.34. The Labute approximate surface area is 148 Å². The van der Waals surface area contributed by atoms with Gasteiger partial charge in [0.2, 0.25) is 0 Å². The Balaban J connectivity index is 0.00000112. The molecule has 120 valence electrons. The van der Waals surface area contributed by atoms with Crippen LogP contribution < -0.4 is 0 Å². The number of hydrogen-bond donors (Lipinski definition) is 0. The molecular weight excluding hydrogens is 317 g/mol. The predicted octanol–water partition coefficient (Wildman–Crippen LogP) is 6.25. The van der Waals surface area contributed by atoms with Gasteiger partial charge in [-0.2, -0.15) is 4.99 Å². The lowest BCUT2D eigenvalue weighted by molar-refractivity contribution is 1.41. The van der Waals surface area contributed by atoms with E-state index in [9.17, 15) is 0 Å². The first kappa shape index (κ1) is 21.2. The average Bonchev–Trinajstić information content (AvgIpc) is 2.65. The van der Waals surface area contributed by atoms with Gasteiger partial charge in [-0.15, -0.1) is 9.24 Å². The van der Waals surface area contributed by atoms with Crippen LogP contribution in [0.4, 0.5) is 5.69 Å². The van der Waals surface area contributed by atoms with Crippen LogP contribution in [0.2, 0.25) is 0 Å². The Morgan fingerprint density at radius 3 is 1.65 bits per heavy atom. The summed E-state index contributed by atoms with van der Waals surface area (Å²) in [7, 11) is 2.71. The van der Waals surface area contributed by atoms with Crippen LogP contribution in [0.25, 0.3) is 0 Å². The smallest absolute Gasteiger partial charge is 0.0740 e. The second-order valence-corrected chi connectivity index (χ2v) is 4.49. The zero-order valence-electron chi connectivity index (χ0n) is 14.3. The first-order valence-corrected chi connectivity index (χ1v) is 9.03. The highest BCUT2D eigenvalue weighted by atomic mass is 32.1. The molecule has 0 fully saturated rings. The molecule has 2 rings (SSSR count). The number of isothiocyanates is 1. The summed E-state index contributed by atoms with van der Waals surface area (Å²) < 4.78 is 0. The average molecular weight is 341 g/mol. The van der Waals surface area contributed by atoms with Gasteiger partial charge >= 0.3 is 0 Å². The fraction of sp³-hybridized carbons (Fsp3) is 0.250. The molecule has 0 aliphatic rings. The van der Waals surface area contributed by atoms with Crippen molar-refractivity contribution in [2.45, 2.75) is 33.9 Å². The molecule has 0 aromatic heterocycles. The van der Waals surface area contributed by atoms with Crippen molar-refractivity contribution in [3.63, 3.8) is 0 Å². The quantitative estimate of drug-likeness (QED) is 0.272. The molecule has 2 aromatic carbocycles. The van der Waals surface area contributed by atoms with E-state index in [2.05, 4.69) is 55.6 Å². The van der Waals surface area contributed by atoms with Crippen LogP contribution in [0.15, 0.2) is 53.5 Å². The van der Waals surface area contributed by atoms with E-state index < -0.39 is 0 Å². The van der Waals surface area contributed by atoms with Gasteiger partial charge in [-0.1, -0.05) is 51.7 Å². The molecule has 3 heteroatoms. The van der Waals surface area contributed by atoms with E-state index in [1.54, 1.807) is 0 Å². The van der Waals surface area contributed by atoms with Crippen molar-refractivity contribution in [3.8, 4) is 11.8 Å². The van der Waals surface area contributed by atoms with Crippen molar-refractivity contribution in [1.29, 1.82) is 0 Å². The molecule has 2 aromatic rings. The molecule has 23 heavy (non-hydrogen) atoms. The molecule has 0 amide bonds. The lowest BCUT2D eigenvalue weighted by atomic mass is 10.1. The van der Waals surface area contributed by atoms with Crippen LogP contribution >= 0.6 is 21.5 Å². The van der Waals surface area contributed by atoms with Crippen molar-refractivity contribution < 1.29 is 0 Å². The molecule has 0 N–H and O–H groups in total. The summed E-state index contributed by atoms with van der Waals surface area (Å²) in [5.74, 6) is 6.26. The fourth-order valence-electron chi connectivity index (χ4n) is 1.54. The largest absolute Gasteiger partial charge is 0.195 e. The van der Waals surface area contributed by atoms with E-state index in [-0.39, 0.29) is 0 Å². The molecule has 1 nitrogen and oxygen atoms in total. The second kappa shape index (κ2) is 13.9. The van der Waals surface area contributed by atoms with Crippen molar-refractivity contribution >= 4 is 32.3 Å². The first-order valence-electron chi connectivity index (χ1n) is 7.81. The van der Waals surface area contributed by atoms with Crippen molar-refractivity contribution in [1.82, 2.24) is 0 Å². The molecular formula is C20H24NPS. The van der Waals surface area contributed by atoms with Gasteiger partial charge in [0, 0.05) is 11.1 Å². The van der Waals surface area contributed by atoms with Gasteiger partial charge in [0.15, 0.2) is 0 Å². The molecule has 0 saturated carbocycles. The normalized spacial score (nSPS) is 8.04. The van der Waals surface area contributed by atoms with Crippen molar-refractivity contribution in [2.24, 2.45) is 4.99 Å². The SMILES string of the molecule is CC.CC.PCc1ccc(C#Cc2ccc(N=C=S)cc2)cc1. The van der Waals surface area contributed by atoms with E-state index in [0.29, 0.717) is 0 Å². The monoisotopic (exact) mass is 341 g/mol. The number of thiocarbonyl (C=S) groups is 1. The van der Waals surface area contributed by atoms with Gasteiger partial charge in [0.1, 0.15) is 0 Å². The maximum absolute atomic E-state index is 4.56. The van der Waals surface area contributed by atoms with E-state index in [4.69, 9.17) is 0 Å². The minimum Gasteiger partial charge on any atom is -0.195 e. The molecule has 0 aliphatic heterocycles. The Hall–Kier alpha value is -1.77. The molecule has 1 unspecified atom stereocenters. The molecule has 0 spiro atoms. The minimum atomic E-state index is 0.797. The third-order valence-corrected chi connectivity index (χ3v) is 3.15. The van der Waals surface area contributed by atoms with Gasteiger partial charge in [-0.3, -0.25) is 0 Å². The molecule has 1 atom stereocenters. The van der Waals surface area contributed by atoms with E-state index >= 15 is 0 Å².